The molecular formula is C14H14N4O. The van der Waals surface area contributed by atoms with E-state index < -0.39 is 0 Å². The van der Waals surface area contributed by atoms with Crippen molar-refractivity contribution in [2.75, 3.05) is 5.73 Å². The van der Waals surface area contributed by atoms with Crippen LogP contribution in [-0.2, 0) is 4.74 Å². The van der Waals surface area contributed by atoms with Gasteiger partial charge in [-0.15, -0.1) is 0 Å². The number of nitrogens with zero attached hydrogens (tertiary/aromatic N) is 1. The van der Waals surface area contributed by atoms with Gasteiger partial charge in [0.25, 0.3) is 0 Å². The summed E-state index contributed by atoms with van der Waals surface area (Å²) in [6.45, 7) is 1.98. The number of aromatic nitrogens is 1. The Hall–Kier alpha value is -2.69. The molecule has 19 heavy (non-hydrogen) atoms. The number of anilines is 1. The molecule has 0 unspecified atom stereocenters. The second-order valence-corrected chi connectivity index (χ2v) is 4.07. The van der Waals surface area contributed by atoms with E-state index in [0.29, 0.717) is 11.4 Å². The zero-order valence-corrected chi connectivity index (χ0v) is 10.5. The Labute approximate surface area is 111 Å². The quantitative estimate of drug-likeness (QED) is 0.580. The number of hydrogen-bond donors (Lipinski definition) is 3. The first-order valence-corrected chi connectivity index (χ1v) is 5.69. The van der Waals surface area contributed by atoms with E-state index in [2.05, 4.69) is 4.98 Å². The van der Waals surface area contributed by atoms with Gasteiger partial charge in [-0.2, -0.15) is 0 Å². The molecule has 5 nitrogen and oxygen atoms in total. The topological polar surface area (TPSA) is 95.8 Å². The summed E-state index contributed by atoms with van der Waals surface area (Å²) in [7, 11) is 0. The molecule has 0 aliphatic heterocycles. The van der Waals surface area contributed by atoms with Crippen molar-refractivity contribution in [2.24, 2.45) is 0 Å². The number of benzene rings is 1. The number of hydrogen-bond acceptors (Lipinski definition) is 5. The van der Waals surface area contributed by atoms with Gasteiger partial charge in [-0.05, 0) is 42.3 Å². The van der Waals surface area contributed by atoms with E-state index in [4.69, 9.17) is 21.3 Å². The zero-order valence-electron chi connectivity index (χ0n) is 10.5. The van der Waals surface area contributed by atoms with Gasteiger partial charge < -0.3 is 10.5 Å². The van der Waals surface area contributed by atoms with Gasteiger partial charge in [-0.3, -0.25) is 10.8 Å². The van der Waals surface area contributed by atoms with Crippen LogP contribution in [0.25, 0.3) is 11.1 Å². The van der Waals surface area contributed by atoms with Crippen molar-refractivity contribution in [1.82, 2.24) is 4.98 Å². The number of aryl methyl sites for hydroxylation is 1. The summed E-state index contributed by atoms with van der Waals surface area (Å²) in [5.74, 6) is 0.414. The van der Waals surface area contributed by atoms with Crippen LogP contribution in [0.3, 0.4) is 0 Å². The molecule has 2 aromatic rings. The third kappa shape index (κ3) is 2.77. The summed E-state index contributed by atoms with van der Waals surface area (Å²) in [5, 5.41) is 14.5. The minimum atomic E-state index is -0.0559. The standard InChI is InChI=1S/C14H14N4O/c1-9-2-3-10(14(17)19-8-15)6-12(9)11-4-5-13(16)18-7-11/h2-8,15,17H,1H3,(H2,16,18). The summed E-state index contributed by atoms with van der Waals surface area (Å²) >= 11 is 0. The minimum Gasteiger partial charge on any atom is -0.428 e. The molecule has 0 atom stereocenters. The molecule has 96 valence electrons. The average Bonchev–Trinajstić information content (AvgIpc) is 2.41. The van der Waals surface area contributed by atoms with E-state index in [0.717, 1.165) is 23.1 Å². The molecule has 0 aliphatic rings. The molecule has 5 heteroatoms. The lowest BCUT2D eigenvalue weighted by atomic mass is 9.99. The molecule has 1 aromatic carbocycles. The van der Waals surface area contributed by atoms with Crippen molar-refractivity contribution < 1.29 is 4.74 Å². The SMILES string of the molecule is Cc1ccc(C(=N)OC=N)cc1-c1ccc(N)nc1. The molecule has 0 saturated carbocycles. The molecule has 0 fully saturated rings. The van der Waals surface area contributed by atoms with Gasteiger partial charge in [0.15, 0.2) is 6.40 Å². The van der Waals surface area contributed by atoms with Crippen molar-refractivity contribution >= 4 is 18.1 Å². The summed E-state index contributed by atoms with van der Waals surface area (Å²) in [6.07, 6.45) is 2.44. The van der Waals surface area contributed by atoms with Crippen LogP contribution >= 0.6 is 0 Å². The van der Waals surface area contributed by atoms with Crippen molar-refractivity contribution in [3.63, 3.8) is 0 Å². The molecule has 0 bridgehead atoms. The highest BCUT2D eigenvalue weighted by molar-refractivity contribution is 5.96. The first-order valence-electron chi connectivity index (χ1n) is 5.69. The molecule has 0 radical (unpaired) electrons. The van der Waals surface area contributed by atoms with Gasteiger partial charge >= 0.3 is 0 Å². The van der Waals surface area contributed by atoms with Crippen LogP contribution in [0.2, 0.25) is 0 Å². The van der Waals surface area contributed by atoms with E-state index in [9.17, 15) is 0 Å². The van der Waals surface area contributed by atoms with Gasteiger partial charge in [-0.25, -0.2) is 4.98 Å². The Kier molecular flexibility index (Phi) is 3.56. The molecular weight excluding hydrogens is 240 g/mol. The van der Waals surface area contributed by atoms with Crippen molar-refractivity contribution in [3.8, 4) is 11.1 Å². The van der Waals surface area contributed by atoms with Gasteiger partial charge in [0.2, 0.25) is 5.90 Å². The van der Waals surface area contributed by atoms with Crippen LogP contribution in [0, 0.1) is 17.7 Å². The lowest BCUT2D eigenvalue weighted by molar-refractivity contribution is 0.561. The smallest absolute Gasteiger partial charge is 0.220 e. The predicted octanol–water partition coefficient (Wildman–Crippen LogP) is 2.59. The Balaban J connectivity index is 2.45. The normalized spacial score (nSPS) is 9.95. The van der Waals surface area contributed by atoms with Gasteiger partial charge in [0, 0.05) is 17.3 Å². The molecule has 2 rings (SSSR count). The Bertz CT molecular complexity index is 620. The maximum absolute atomic E-state index is 7.68. The number of pyridine rings is 1. The number of ether oxygens (including phenoxy) is 1. The van der Waals surface area contributed by atoms with Gasteiger partial charge in [-0.1, -0.05) is 6.07 Å². The van der Waals surface area contributed by atoms with Crippen LogP contribution in [0.15, 0.2) is 36.5 Å². The number of nitrogen functional groups attached to an aromatic ring is 1. The van der Waals surface area contributed by atoms with E-state index in [1.165, 1.54) is 0 Å². The Morgan fingerprint density at radius 1 is 1.32 bits per heavy atom. The molecule has 1 heterocycles. The molecule has 0 spiro atoms. The molecule has 0 saturated heterocycles. The minimum absolute atomic E-state index is 0.0559. The predicted molar refractivity (Wildman–Crippen MR) is 75.5 cm³/mol. The van der Waals surface area contributed by atoms with E-state index in [1.54, 1.807) is 18.3 Å². The highest BCUT2D eigenvalue weighted by Crippen LogP contribution is 2.24. The monoisotopic (exact) mass is 254 g/mol. The van der Waals surface area contributed by atoms with Crippen LogP contribution in [0.1, 0.15) is 11.1 Å². The fourth-order valence-corrected chi connectivity index (χ4v) is 1.77. The fraction of sp³-hybridized carbons (Fsp3) is 0.0714. The van der Waals surface area contributed by atoms with E-state index in [-0.39, 0.29) is 5.90 Å². The summed E-state index contributed by atoms with van der Waals surface area (Å²) in [5.41, 5.74) is 9.14. The second kappa shape index (κ2) is 5.30. The first kappa shape index (κ1) is 12.8. The average molecular weight is 254 g/mol. The summed E-state index contributed by atoms with van der Waals surface area (Å²) in [4.78, 5) is 4.06. The van der Waals surface area contributed by atoms with Gasteiger partial charge in [0.05, 0.1) is 0 Å². The lowest BCUT2D eigenvalue weighted by Gasteiger charge is -2.09. The first-order chi connectivity index (χ1) is 9.11. The largest absolute Gasteiger partial charge is 0.428 e. The maximum Gasteiger partial charge on any atom is 0.220 e. The number of rotatable bonds is 3. The highest BCUT2D eigenvalue weighted by atomic mass is 16.5. The molecule has 4 N–H and O–H groups in total. The van der Waals surface area contributed by atoms with Crippen LogP contribution < -0.4 is 5.73 Å². The van der Waals surface area contributed by atoms with Crippen molar-refractivity contribution in [1.29, 1.82) is 10.8 Å². The Morgan fingerprint density at radius 3 is 2.74 bits per heavy atom. The molecule has 0 amide bonds. The maximum atomic E-state index is 7.68. The zero-order chi connectivity index (χ0) is 13.8. The summed E-state index contributed by atoms with van der Waals surface area (Å²) in [6, 6.07) is 9.16. The van der Waals surface area contributed by atoms with Gasteiger partial charge in [0.1, 0.15) is 5.82 Å². The van der Waals surface area contributed by atoms with Crippen LogP contribution in [0.5, 0.6) is 0 Å². The number of nitrogens with two attached hydrogens (primary N) is 1. The molecule has 1 aromatic heterocycles. The van der Waals surface area contributed by atoms with Crippen LogP contribution in [-0.4, -0.2) is 17.3 Å². The third-order valence-corrected chi connectivity index (χ3v) is 2.77. The van der Waals surface area contributed by atoms with E-state index >= 15 is 0 Å². The highest BCUT2D eigenvalue weighted by Gasteiger charge is 2.07. The number of nitrogens with one attached hydrogen (secondary N) is 2. The second-order valence-electron chi connectivity index (χ2n) is 4.07. The van der Waals surface area contributed by atoms with Crippen LogP contribution in [0.4, 0.5) is 5.82 Å². The van der Waals surface area contributed by atoms with Crippen molar-refractivity contribution in [3.05, 3.63) is 47.7 Å². The molecule has 0 aliphatic carbocycles. The van der Waals surface area contributed by atoms with Crippen molar-refractivity contribution in [2.45, 2.75) is 6.92 Å². The lowest BCUT2D eigenvalue weighted by Crippen LogP contribution is -2.03. The Morgan fingerprint density at radius 2 is 2.11 bits per heavy atom. The van der Waals surface area contributed by atoms with E-state index in [1.807, 2.05) is 25.1 Å². The third-order valence-electron chi connectivity index (χ3n) is 2.77. The fourth-order valence-electron chi connectivity index (χ4n) is 1.77. The summed E-state index contributed by atoms with van der Waals surface area (Å²) < 4.78 is 4.77.